The second-order valence-corrected chi connectivity index (χ2v) is 8.47. The van der Waals surface area contributed by atoms with Crippen molar-refractivity contribution < 1.29 is 9.59 Å². The molecular formula is C29H27N3O2. The van der Waals surface area contributed by atoms with Gasteiger partial charge in [-0.1, -0.05) is 56.3 Å². The van der Waals surface area contributed by atoms with Crippen molar-refractivity contribution >= 4 is 40.3 Å². The molecule has 3 aromatic carbocycles. The normalized spacial score (nSPS) is 11.0. The van der Waals surface area contributed by atoms with Crippen LogP contribution in [0.25, 0.3) is 16.8 Å². The van der Waals surface area contributed by atoms with Gasteiger partial charge >= 0.3 is 0 Å². The first-order chi connectivity index (χ1) is 16.3. The number of carbonyl (C=O) groups is 2. The lowest BCUT2D eigenvalue weighted by Crippen LogP contribution is -2.14. The van der Waals surface area contributed by atoms with Gasteiger partial charge in [0.2, 0.25) is 11.6 Å². The Labute approximate surface area is 199 Å². The minimum Gasteiger partial charge on any atom is -0.305 e. The molecule has 0 unspecified atom stereocenters. The van der Waals surface area contributed by atoms with E-state index in [2.05, 4.69) is 56.3 Å². The number of ketones is 2. The number of carbonyl (C=O) groups excluding carboxylic acids is 2. The second-order valence-electron chi connectivity index (χ2n) is 8.47. The standard InChI is InChI=1S/C29H27N3O2/c1-19(2)25-15-20(14-21-9-6-7-10-24(21)25)8-4-3-5-11-27(32)29(34)22-12-13-23(17-30)26(16-22)28(33)18-31/h4,6-10,12-16,18-19,31-32H,3,5,11H2,1-2H3/b8-4-,31-18?,32-27?. The first kappa shape index (κ1) is 24.5. The molecule has 5 nitrogen and oxygen atoms in total. The average Bonchev–Trinajstić information content (AvgIpc) is 2.86. The van der Waals surface area contributed by atoms with E-state index >= 15 is 0 Å². The molecular weight excluding hydrogens is 422 g/mol. The summed E-state index contributed by atoms with van der Waals surface area (Å²) in [5.74, 6) is -0.692. The second kappa shape index (κ2) is 11.1. The summed E-state index contributed by atoms with van der Waals surface area (Å²) in [6.45, 7) is 4.38. The van der Waals surface area contributed by atoms with E-state index in [1.807, 2.05) is 12.1 Å². The molecule has 3 aromatic rings. The maximum absolute atomic E-state index is 12.6. The van der Waals surface area contributed by atoms with Crippen molar-refractivity contribution in [3.05, 3.63) is 88.5 Å². The van der Waals surface area contributed by atoms with Crippen molar-refractivity contribution in [2.75, 3.05) is 0 Å². The number of nitrogens with zero attached hydrogens (tertiary/aromatic N) is 1. The van der Waals surface area contributed by atoms with Crippen LogP contribution in [-0.4, -0.2) is 23.5 Å². The number of nitriles is 1. The Morgan fingerprint density at radius 2 is 1.85 bits per heavy atom. The highest BCUT2D eigenvalue weighted by molar-refractivity contribution is 6.45. The molecule has 0 aromatic heterocycles. The third-order valence-corrected chi connectivity index (χ3v) is 5.72. The van der Waals surface area contributed by atoms with Gasteiger partial charge in [0.05, 0.1) is 23.6 Å². The number of allylic oxidation sites excluding steroid dienone is 1. The molecule has 0 aliphatic rings. The number of hydrogen-bond acceptors (Lipinski definition) is 5. The molecule has 34 heavy (non-hydrogen) atoms. The molecule has 0 amide bonds. The summed E-state index contributed by atoms with van der Waals surface area (Å²) in [4.78, 5) is 24.5. The van der Waals surface area contributed by atoms with Crippen LogP contribution in [0.2, 0.25) is 0 Å². The fourth-order valence-corrected chi connectivity index (χ4v) is 3.91. The van der Waals surface area contributed by atoms with Crippen molar-refractivity contribution in [1.82, 2.24) is 0 Å². The SMILES string of the molecule is CC(C)c1cc(/C=C\CCCC(=N)C(=O)c2ccc(C#N)c(C(=O)C=N)c2)cc2ccccc12. The molecule has 0 saturated carbocycles. The maximum Gasteiger partial charge on any atom is 0.206 e. The zero-order chi connectivity index (χ0) is 24.7. The van der Waals surface area contributed by atoms with Gasteiger partial charge in [-0.15, -0.1) is 0 Å². The molecule has 2 N–H and O–H groups in total. The van der Waals surface area contributed by atoms with E-state index in [4.69, 9.17) is 16.1 Å². The van der Waals surface area contributed by atoms with Gasteiger partial charge in [-0.2, -0.15) is 5.26 Å². The number of unbranched alkanes of at least 4 members (excludes halogenated alkanes) is 1. The molecule has 0 fully saturated rings. The molecule has 0 heterocycles. The van der Waals surface area contributed by atoms with E-state index in [0.717, 1.165) is 12.0 Å². The van der Waals surface area contributed by atoms with Crippen LogP contribution in [0.3, 0.4) is 0 Å². The molecule has 0 aliphatic heterocycles. The highest BCUT2D eigenvalue weighted by Gasteiger charge is 2.16. The van der Waals surface area contributed by atoms with Crippen LogP contribution in [0, 0.1) is 22.1 Å². The summed E-state index contributed by atoms with van der Waals surface area (Å²) < 4.78 is 0. The lowest BCUT2D eigenvalue weighted by molar-refractivity contribution is 0.106. The van der Waals surface area contributed by atoms with Crippen molar-refractivity contribution in [2.24, 2.45) is 0 Å². The van der Waals surface area contributed by atoms with E-state index in [-0.39, 0.29) is 22.4 Å². The zero-order valence-electron chi connectivity index (χ0n) is 19.4. The Morgan fingerprint density at radius 1 is 1.09 bits per heavy atom. The molecule has 0 saturated heterocycles. The third-order valence-electron chi connectivity index (χ3n) is 5.72. The van der Waals surface area contributed by atoms with E-state index in [0.29, 0.717) is 25.0 Å². The number of rotatable bonds is 10. The maximum atomic E-state index is 12.6. The van der Waals surface area contributed by atoms with Crippen LogP contribution in [0.5, 0.6) is 0 Å². The smallest absolute Gasteiger partial charge is 0.206 e. The summed E-state index contributed by atoms with van der Waals surface area (Å²) >= 11 is 0. The quantitative estimate of drug-likeness (QED) is 0.203. The lowest BCUT2D eigenvalue weighted by atomic mass is 9.93. The molecule has 0 bridgehead atoms. The van der Waals surface area contributed by atoms with Gasteiger partial charge in [0.25, 0.3) is 0 Å². The molecule has 0 radical (unpaired) electrons. The number of fused-ring (bicyclic) bond motifs is 1. The number of nitrogens with one attached hydrogen (secondary N) is 2. The predicted octanol–water partition coefficient (Wildman–Crippen LogP) is 6.75. The van der Waals surface area contributed by atoms with Crippen LogP contribution in [0.4, 0.5) is 0 Å². The minimum atomic E-state index is -0.641. The van der Waals surface area contributed by atoms with Gasteiger partial charge < -0.3 is 10.8 Å². The highest BCUT2D eigenvalue weighted by Crippen LogP contribution is 2.27. The summed E-state index contributed by atoms with van der Waals surface area (Å²) in [5, 5.41) is 26.9. The van der Waals surface area contributed by atoms with Gasteiger partial charge in [-0.3, -0.25) is 9.59 Å². The van der Waals surface area contributed by atoms with Crippen LogP contribution in [0.1, 0.15) is 76.4 Å². The summed E-state index contributed by atoms with van der Waals surface area (Å²) in [6.07, 6.45) is 6.44. The van der Waals surface area contributed by atoms with Crippen molar-refractivity contribution in [1.29, 1.82) is 16.1 Å². The first-order valence-electron chi connectivity index (χ1n) is 11.3. The Morgan fingerprint density at radius 3 is 2.56 bits per heavy atom. The fourth-order valence-electron chi connectivity index (χ4n) is 3.91. The third kappa shape index (κ3) is 5.60. The topological polar surface area (TPSA) is 106 Å². The van der Waals surface area contributed by atoms with E-state index in [1.165, 1.54) is 34.5 Å². The Balaban J connectivity index is 1.63. The van der Waals surface area contributed by atoms with Crippen molar-refractivity contribution in [3.8, 4) is 6.07 Å². The van der Waals surface area contributed by atoms with Crippen LogP contribution >= 0.6 is 0 Å². The molecule has 3 rings (SSSR count). The van der Waals surface area contributed by atoms with Crippen LogP contribution in [0.15, 0.2) is 60.7 Å². The molecule has 0 spiro atoms. The summed E-state index contributed by atoms with van der Waals surface area (Å²) in [5.41, 5.74) is 2.70. The minimum absolute atomic E-state index is 0.00948. The van der Waals surface area contributed by atoms with E-state index < -0.39 is 11.6 Å². The number of hydrogen-bond donors (Lipinski definition) is 2. The van der Waals surface area contributed by atoms with Crippen LogP contribution < -0.4 is 0 Å². The van der Waals surface area contributed by atoms with Gasteiger partial charge in [0.15, 0.2) is 0 Å². The first-order valence-corrected chi connectivity index (χ1v) is 11.3. The average molecular weight is 450 g/mol. The van der Waals surface area contributed by atoms with Gasteiger partial charge in [0, 0.05) is 11.1 Å². The predicted molar refractivity (Wildman–Crippen MR) is 137 cm³/mol. The Hall–Kier alpha value is -4.17. The summed E-state index contributed by atoms with van der Waals surface area (Å²) in [7, 11) is 0. The van der Waals surface area contributed by atoms with E-state index in [1.54, 1.807) is 0 Å². The largest absolute Gasteiger partial charge is 0.305 e. The van der Waals surface area contributed by atoms with Gasteiger partial charge in [0.1, 0.15) is 0 Å². The van der Waals surface area contributed by atoms with Gasteiger partial charge in [-0.05, 0) is 71.3 Å². The lowest BCUT2D eigenvalue weighted by Gasteiger charge is -2.11. The number of benzene rings is 3. The monoisotopic (exact) mass is 449 g/mol. The van der Waals surface area contributed by atoms with E-state index in [9.17, 15) is 9.59 Å². The molecule has 0 aliphatic carbocycles. The molecule has 170 valence electrons. The molecule has 0 atom stereocenters. The number of Topliss-reactive ketones (excluding diaryl/α,β-unsaturated/α-hetero) is 2. The fraction of sp³-hybridized carbons (Fsp3) is 0.207. The summed E-state index contributed by atoms with van der Waals surface area (Å²) in [6, 6.07) is 18.8. The van der Waals surface area contributed by atoms with Crippen molar-refractivity contribution in [2.45, 2.75) is 39.0 Å². The Bertz CT molecular complexity index is 1340. The zero-order valence-corrected chi connectivity index (χ0v) is 19.4. The molecule has 5 heteroatoms. The van der Waals surface area contributed by atoms with Crippen molar-refractivity contribution in [3.63, 3.8) is 0 Å². The Kier molecular flexibility index (Phi) is 8.00. The van der Waals surface area contributed by atoms with Crippen LogP contribution in [-0.2, 0) is 0 Å². The highest BCUT2D eigenvalue weighted by atomic mass is 16.1. The van der Waals surface area contributed by atoms with Gasteiger partial charge in [-0.25, -0.2) is 0 Å².